The van der Waals surface area contributed by atoms with Crippen molar-refractivity contribution >= 4 is 46.0 Å². The van der Waals surface area contributed by atoms with E-state index >= 15 is 0 Å². The van der Waals surface area contributed by atoms with Crippen molar-refractivity contribution in [3.63, 3.8) is 0 Å². The van der Waals surface area contributed by atoms with Gasteiger partial charge in [-0.15, -0.1) is 22.7 Å². The largest absolute Gasteiger partial charge is 0.322 e. The molecule has 8 nitrogen and oxygen atoms in total. The second-order valence-corrected chi connectivity index (χ2v) is 12.5. The van der Waals surface area contributed by atoms with Crippen LogP contribution in [0.15, 0.2) is 59.3 Å². The number of hydrogen-bond donors (Lipinski definition) is 4. The molecule has 2 atom stereocenters. The number of anilines is 1. The average Bonchev–Trinajstić information content (AvgIpc) is 3.75. The molecular formula is C29H30ClN7OS2. The number of fused-ring (bicyclic) bond motifs is 2. The molecule has 0 fully saturated rings. The molecule has 4 N–H and O–H groups in total. The molecule has 40 heavy (non-hydrogen) atoms. The van der Waals surface area contributed by atoms with E-state index in [1.807, 2.05) is 35.4 Å². The fraction of sp³-hybridized carbons (Fsp3) is 0.276. The van der Waals surface area contributed by atoms with Gasteiger partial charge in [-0.05, 0) is 54.9 Å². The summed E-state index contributed by atoms with van der Waals surface area (Å²) in [6, 6.07) is 15.9. The Morgan fingerprint density at radius 3 is 2.27 bits per heavy atom. The zero-order valence-corrected chi connectivity index (χ0v) is 24.6. The molecule has 11 heteroatoms. The minimum atomic E-state index is -0.126. The lowest BCUT2D eigenvalue weighted by Gasteiger charge is -2.33. The predicted octanol–water partition coefficient (Wildman–Crippen LogP) is 6.94. The van der Waals surface area contributed by atoms with Gasteiger partial charge in [0, 0.05) is 64.7 Å². The van der Waals surface area contributed by atoms with Crippen molar-refractivity contribution in [1.82, 2.24) is 30.6 Å². The summed E-state index contributed by atoms with van der Waals surface area (Å²) >= 11 is 9.39. The summed E-state index contributed by atoms with van der Waals surface area (Å²) in [5.41, 5.74) is 7.61. The Morgan fingerprint density at radius 1 is 0.950 bits per heavy atom. The van der Waals surface area contributed by atoms with Crippen molar-refractivity contribution in [2.75, 3.05) is 5.32 Å². The third-order valence-electron chi connectivity index (χ3n) is 7.25. The van der Waals surface area contributed by atoms with Gasteiger partial charge in [-0.3, -0.25) is 10.2 Å². The van der Waals surface area contributed by atoms with E-state index in [0.717, 1.165) is 46.9 Å². The quantitative estimate of drug-likeness (QED) is 0.182. The van der Waals surface area contributed by atoms with Crippen LogP contribution < -0.4 is 10.6 Å². The third kappa shape index (κ3) is 5.57. The number of urea groups is 1. The van der Waals surface area contributed by atoms with Crippen LogP contribution in [0.5, 0.6) is 0 Å². The first-order chi connectivity index (χ1) is 19.5. The van der Waals surface area contributed by atoms with E-state index in [2.05, 4.69) is 61.5 Å². The second kappa shape index (κ2) is 11.6. The lowest BCUT2D eigenvalue weighted by molar-refractivity contribution is 0.182. The van der Waals surface area contributed by atoms with Crippen LogP contribution in [0.25, 0.3) is 21.1 Å². The summed E-state index contributed by atoms with van der Waals surface area (Å²) in [6.45, 7) is 5.72. The smallest absolute Gasteiger partial charge is 0.317 e. The van der Waals surface area contributed by atoms with E-state index in [1.54, 1.807) is 34.8 Å². The van der Waals surface area contributed by atoms with Gasteiger partial charge in [-0.2, -0.15) is 10.2 Å². The molecule has 0 unspecified atom stereocenters. The molecule has 0 radical (unpaired) electrons. The normalized spacial score (nSPS) is 17.9. The number of aromatic amines is 2. The highest BCUT2D eigenvalue weighted by atomic mass is 35.5. The fourth-order valence-corrected chi connectivity index (χ4v) is 6.83. The third-order valence-corrected chi connectivity index (χ3v) is 9.24. The number of rotatable bonds is 3. The SMILES string of the molecule is C[C@H]1Cc2[nH]nc(-c3cccs3)c2CN1.C[C@H]1Cc2[nH]nc(-c3cccs3)c2CN1C(=O)Nc1cccc(Cl)c1. The van der Waals surface area contributed by atoms with Crippen molar-refractivity contribution in [2.24, 2.45) is 0 Å². The van der Waals surface area contributed by atoms with Crippen molar-refractivity contribution in [3.05, 3.63) is 86.8 Å². The molecule has 7 rings (SSSR count). The first-order valence-corrected chi connectivity index (χ1v) is 15.4. The molecule has 0 saturated carbocycles. The number of H-pyrrole nitrogens is 2. The number of carbonyl (C=O) groups excluding carboxylic acids is 1. The van der Waals surface area contributed by atoms with Gasteiger partial charge in [0.1, 0.15) is 11.4 Å². The summed E-state index contributed by atoms with van der Waals surface area (Å²) < 4.78 is 0. The van der Waals surface area contributed by atoms with Gasteiger partial charge in [-0.1, -0.05) is 29.8 Å². The Bertz CT molecular complexity index is 1590. The molecular weight excluding hydrogens is 562 g/mol. The number of nitrogens with one attached hydrogen (secondary N) is 4. The summed E-state index contributed by atoms with van der Waals surface area (Å²) in [7, 11) is 0. The summed E-state index contributed by atoms with van der Waals surface area (Å²) in [5.74, 6) is 0. The van der Waals surface area contributed by atoms with Crippen molar-refractivity contribution in [3.8, 4) is 21.1 Å². The number of aromatic nitrogens is 4. The number of halogens is 1. The molecule has 1 aromatic carbocycles. The number of hydrogen-bond acceptors (Lipinski definition) is 6. The van der Waals surface area contributed by atoms with E-state index in [4.69, 9.17) is 11.6 Å². The van der Waals surface area contributed by atoms with Crippen LogP contribution in [0.1, 0.15) is 36.4 Å². The Kier molecular flexibility index (Phi) is 7.75. The molecule has 4 aromatic heterocycles. The molecule has 5 aromatic rings. The Morgan fingerprint density at radius 2 is 1.62 bits per heavy atom. The van der Waals surface area contributed by atoms with E-state index in [-0.39, 0.29) is 12.1 Å². The summed E-state index contributed by atoms with van der Waals surface area (Å²) in [6.07, 6.45) is 1.81. The highest BCUT2D eigenvalue weighted by Gasteiger charge is 2.31. The van der Waals surface area contributed by atoms with Crippen molar-refractivity contribution < 1.29 is 4.79 Å². The molecule has 2 aliphatic heterocycles. The molecule has 6 heterocycles. The van der Waals surface area contributed by atoms with E-state index in [1.165, 1.54) is 16.1 Å². The van der Waals surface area contributed by atoms with Crippen molar-refractivity contribution in [1.29, 1.82) is 0 Å². The van der Waals surface area contributed by atoms with Crippen molar-refractivity contribution in [2.45, 2.75) is 51.9 Å². The topological polar surface area (TPSA) is 102 Å². The molecule has 0 aliphatic carbocycles. The number of benzene rings is 1. The lowest BCUT2D eigenvalue weighted by atomic mass is 9.99. The molecule has 206 valence electrons. The summed E-state index contributed by atoms with van der Waals surface area (Å²) in [4.78, 5) is 17.0. The predicted molar refractivity (Wildman–Crippen MR) is 163 cm³/mol. The van der Waals surface area contributed by atoms with Crippen LogP contribution in [-0.4, -0.2) is 43.4 Å². The second-order valence-electron chi connectivity index (χ2n) is 10.1. The minimum absolute atomic E-state index is 0.0864. The zero-order valence-electron chi connectivity index (χ0n) is 22.2. The van der Waals surface area contributed by atoms with E-state index < -0.39 is 0 Å². The van der Waals surface area contributed by atoms with Crippen LogP contribution in [0.4, 0.5) is 10.5 Å². The van der Waals surface area contributed by atoms with Gasteiger partial charge in [0.15, 0.2) is 0 Å². The molecule has 0 bridgehead atoms. The highest BCUT2D eigenvalue weighted by Crippen LogP contribution is 2.33. The van der Waals surface area contributed by atoms with Gasteiger partial charge in [0.25, 0.3) is 0 Å². The van der Waals surface area contributed by atoms with Crippen LogP contribution in [0.3, 0.4) is 0 Å². The molecule has 2 aliphatic rings. The Balaban J connectivity index is 0.000000164. The van der Waals surface area contributed by atoms with Crippen LogP contribution in [-0.2, 0) is 25.9 Å². The first kappa shape index (κ1) is 26.8. The number of thiophene rings is 2. The average molecular weight is 592 g/mol. The monoisotopic (exact) mass is 591 g/mol. The maximum atomic E-state index is 12.8. The molecule has 0 saturated heterocycles. The maximum absolute atomic E-state index is 12.8. The van der Waals surface area contributed by atoms with Crippen LogP contribution >= 0.6 is 34.3 Å². The standard InChI is InChI=1S/C18H17ClN4OS.C11H13N3S/c1-11-8-15-14(17(22-21-15)16-6-3-7-25-16)10-23(11)18(24)20-13-5-2-4-12(19)9-13;1-7-5-9-8(6-12-7)11(14-13-9)10-3-2-4-15-10/h2-7,9,11H,8,10H2,1H3,(H,20,24)(H,21,22);2-4,7,12H,5-6H2,1H3,(H,13,14)/t11-;7-/m00/s1. The molecule has 2 amide bonds. The van der Waals surface area contributed by atoms with E-state index in [9.17, 15) is 4.79 Å². The fourth-order valence-electron chi connectivity index (χ4n) is 5.16. The van der Waals surface area contributed by atoms with Gasteiger partial charge in [0.05, 0.1) is 16.3 Å². The van der Waals surface area contributed by atoms with Crippen LogP contribution in [0, 0.1) is 0 Å². The number of amides is 2. The lowest BCUT2D eigenvalue weighted by Crippen LogP contribution is -2.44. The van der Waals surface area contributed by atoms with Gasteiger partial charge >= 0.3 is 6.03 Å². The Hall–Kier alpha value is -3.44. The number of nitrogens with zero attached hydrogens (tertiary/aromatic N) is 3. The maximum Gasteiger partial charge on any atom is 0.322 e. The highest BCUT2D eigenvalue weighted by molar-refractivity contribution is 7.13. The first-order valence-electron chi connectivity index (χ1n) is 13.2. The van der Waals surface area contributed by atoms with Crippen LogP contribution in [0.2, 0.25) is 5.02 Å². The summed E-state index contributed by atoms with van der Waals surface area (Å²) in [5, 5.41) is 26.3. The van der Waals surface area contributed by atoms with Gasteiger partial charge in [0.2, 0.25) is 0 Å². The Labute approximate surface area is 245 Å². The van der Waals surface area contributed by atoms with Gasteiger partial charge < -0.3 is 15.5 Å². The number of carbonyl (C=O) groups is 1. The zero-order chi connectivity index (χ0) is 27.6. The van der Waals surface area contributed by atoms with Gasteiger partial charge in [-0.25, -0.2) is 4.79 Å². The van der Waals surface area contributed by atoms with E-state index in [0.29, 0.717) is 23.3 Å². The molecule has 0 spiro atoms. The minimum Gasteiger partial charge on any atom is -0.317 e.